The molecule has 108 valence electrons. The third-order valence-corrected chi connectivity index (χ3v) is 3.27. The summed E-state index contributed by atoms with van der Waals surface area (Å²) in [7, 11) is 0. The molecule has 0 saturated carbocycles. The number of benzene rings is 1. The van der Waals surface area contributed by atoms with Crippen LogP contribution in [-0.4, -0.2) is 17.5 Å². The van der Waals surface area contributed by atoms with Crippen LogP contribution in [-0.2, 0) is 14.3 Å². The van der Waals surface area contributed by atoms with Gasteiger partial charge in [-0.1, -0.05) is 30.3 Å². The molecule has 1 N–H and O–H groups in total. The summed E-state index contributed by atoms with van der Waals surface area (Å²) in [6.45, 7) is 5.55. The molecule has 0 spiro atoms. The Bertz CT molecular complexity index is 490. The Balaban J connectivity index is 2.21. The van der Waals surface area contributed by atoms with Gasteiger partial charge in [0, 0.05) is 6.42 Å². The first-order valence-electron chi connectivity index (χ1n) is 6.94. The Morgan fingerprint density at radius 3 is 2.50 bits per heavy atom. The van der Waals surface area contributed by atoms with Crippen LogP contribution in [0.2, 0.25) is 0 Å². The van der Waals surface area contributed by atoms with E-state index in [2.05, 4.69) is 5.32 Å². The molecule has 0 radical (unpaired) electrons. The van der Waals surface area contributed by atoms with Gasteiger partial charge in [0.25, 0.3) is 0 Å². The quantitative estimate of drug-likeness (QED) is 0.844. The van der Waals surface area contributed by atoms with Crippen molar-refractivity contribution in [2.45, 2.75) is 45.3 Å². The summed E-state index contributed by atoms with van der Waals surface area (Å²) in [5, 5.41) is 2.91. The van der Waals surface area contributed by atoms with Crippen LogP contribution in [0.15, 0.2) is 30.3 Å². The Morgan fingerprint density at radius 2 is 1.90 bits per heavy atom. The van der Waals surface area contributed by atoms with Crippen LogP contribution in [0.25, 0.3) is 0 Å². The Kier molecular flexibility index (Phi) is 4.12. The van der Waals surface area contributed by atoms with E-state index < -0.39 is 5.60 Å². The molecule has 1 heterocycles. The van der Waals surface area contributed by atoms with Crippen molar-refractivity contribution in [3.8, 4) is 0 Å². The van der Waals surface area contributed by atoms with Crippen LogP contribution in [0.1, 0.15) is 45.2 Å². The minimum atomic E-state index is -0.514. The Morgan fingerprint density at radius 1 is 1.25 bits per heavy atom. The SMILES string of the molecule is CC(C)(C)OC(=O)[C@H]1CCC(=O)N[C@@H]1c1ccccc1. The fourth-order valence-electron chi connectivity index (χ4n) is 2.41. The molecule has 0 unspecified atom stereocenters. The van der Waals surface area contributed by atoms with E-state index in [1.807, 2.05) is 51.1 Å². The summed E-state index contributed by atoms with van der Waals surface area (Å²) < 4.78 is 5.47. The Hall–Kier alpha value is -1.84. The maximum Gasteiger partial charge on any atom is 0.311 e. The molecule has 2 rings (SSSR count). The number of hydrogen-bond donors (Lipinski definition) is 1. The third-order valence-electron chi connectivity index (χ3n) is 3.27. The van der Waals surface area contributed by atoms with Crippen molar-refractivity contribution < 1.29 is 14.3 Å². The number of carbonyl (C=O) groups excluding carboxylic acids is 2. The average molecular weight is 275 g/mol. The standard InChI is InChI=1S/C16H21NO3/c1-16(2,3)20-15(19)12-9-10-13(18)17-14(12)11-7-5-4-6-8-11/h4-8,12,14H,9-10H2,1-3H3,(H,17,18)/t12-,14+/m0/s1. The first-order chi connectivity index (χ1) is 9.37. The van der Waals surface area contributed by atoms with Crippen molar-refractivity contribution in [3.63, 3.8) is 0 Å². The minimum absolute atomic E-state index is 0.0151. The van der Waals surface area contributed by atoms with Crippen LogP contribution in [0.3, 0.4) is 0 Å². The summed E-state index contributed by atoms with van der Waals surface area (Å²) in [6.07, 6.45) is 0.896. The predicted molar refractivity (Wildman–Crippen MR) is 75.9 cm³/mol. The van der Waals surface area contributed by atoms with Gasteiger partial charge in [0.15, 0.2) is 0 Å². The number of carbonyl (C=O) groups is 2. The van der Waals surface area contributed by atoms with Crippen LogP contribution in [0.5, 0.6) is 0 Å². The second-order valence-electron chi connectivity index (χ2n) is 6.13. The van der Waals surface area contributed by atoms with Gasteiger partial charge in [-0.05, 0) is 32.8 Å². The molecule has 1 saturated heterocycles. The average Bonchev–Trinajstić information content (AvgIpc) is 2.37. The lowest BCUT2D eigenvalue weighted by Gasteiger charge is -2.33. The molecule has 4 heteroatoms. The van der Waals surface area contributed by atoms with Gasteiger partial charge in [0.1, 0.15) is 5.60 Å². The zero-order valence-electron chi connectivity index (χ0n) is 12.2. The minimum Gasteiger partial charge on any atom is -0.460 e. The highest BCUT2D eigenvalue weighted by Gasteiger charge is 2.37. The number of nitrogens with one attached hydrogen (secondary N) is 1. The van der Waals surface area contributed by atoms with Crippen LogP contribution < -0.4 is 5.32 Å². The highest BCUT2D eigenvalue weighted by Crippen LogP contribution is 2.31. The summed E-state index contributed by atoms with van der Waals surface area (Å²) in [4.78, 5) is 24.0. The molecule has 1 amide bonds. The first kappa shape index (κ1) is 14.6. The van der Waals surface area contributed by atoms with E-state index in [1.54, 1.807) is 0 Å². The summed E-state index contributed by atoms with van der Waals surface area (Å²) in [6, 6.07) is 9.27. The van der Waals surface area contributed by atoms with Gasteiger partial charge in [-0.2, -0.15) is 0 Å². The van der Waals surface area contributed by atoms with E-state index in [-0.39, 0.29) is 23.8 Å². The third kappa shape index (κ3) is 3.59. The molecule has 1 aromatic rings. The number of amides is 1. The molecule has 20 heavy (non-hydrogen) atoms. The summed E-state index contributed by atoms with van der Waals surface area (Å²) in [5.74, 6) is -0.584. The van der Waals surface area contributed by atoms with Gasteiger partial charge < -0.3 is 10.1 Å². The molecule has 4 nitrogen and oxygen atoms in total. The monoisotopic (exact) mass is 275 g/mol. The smallest absolute Gasteiger partial charge is 0.311 e. The van der Waals surface area contributed by atoms with E-state index >= 15 is 0 Å². The van der Waals surface area contributed by atoms with E-state index in [9.17, 15) is 9.59 Å². The largest absolute Gasteiger partial charge is 0.460 e. The molecule has 0 bridgehead atoms. The van der Waals surface area contributed by atoms with Gasteiger partial charge in [-0.15, -0.1) is 0 Å². The van der Waals surface area contributed by atoms with E-state index in [0.717, 1.165) is 5.56 Å². The predicted octanol–water partition coefficient (Wildman–Crippen LogP) is 2.60. The first-order valence-corrected chi connectivity index (χ1v) is 6.94. The maximum atomic E-state index is 12.3. The number of hydrogen-bond acceptors (Lipinski definition) is 3. The van der Waals surface area contributed by atoms with Gasteiger partial charge in [0.2, 0.25) is 5.91 Å². The molecular weight excluding hydrogens is 254 g/mol. The van der Waals surface area contributed by atoms with E-state index in [1.165, 1.54) is 0 Å². The lowest BCUT2D eigenvalue weighted by molar-refractivity contribution is -0.162. The Labute approximate surface area is 119 Å². The van der Waals surface area contributed by atoms with Crippen LogP contribution in [0.4, 0.5) is 0 Å². The van der Waals surface area contributed by atoms with Gasteiger partial charge in [0.05, 0.1) is 12.0 Å². The van der Waals surface area contributed by atoms with Crippen molar-refractivity contribution in [2.75, 3.05) is 0 Å². The van der Waals surface area contributed by atoms with Crippen molar-refractivity contribution >= 4 is 11.9 Å². The fraction of sp³-hybridized carbons (Fsp3) is 0.500. The lowest BCUT2D eigenvalue weighted by atomic mass is 9.86. The summed E-state index contributed by atoms with van der Waals surface area (Å²) in [5.41, 5.74) is 0.427. The lowest BCUT2D eigenvalue weighted by Crippen LogP contribution is -2.43. The number of rotatable bonds is 2. The van der Waals surface area contributed by atoms with Gasteiger partial charge in [-0.3, -0.25) is 9.59 Å². The number of piperidine rings is 1. The number of esters is 1. The summed E-state index contributed by atoms with van der Waals surface area (Å²) >= 11 is 0. The van der Waals surface area contributed by atoms with Crippen molar-refractivity contribution in [2.24, 2.45) is 5.92 Å². The van der Waals surface area contributed by atoms with Gasteiger partial charge in [-0.25, -0.2) is 0 Å². The van der Waals surface area contributed by atoms with Crippen LogP contribution >= 0.6 is 0 Å². The second kappa shape index (κ2) is 5.65. The molecule has 0 aliphatic carbocycles. The number of ether oxygens (including phenoxy) is 1. The zero-order chi connectivity index (χ0) is 14.8. The molecular formula is C16H21NO3. The zero-order valence-corrected chi connectivity index (χ0v) is 12.2. The maximum absolute atomic E-state index is 12.3. The molecule has 0 aromatic heterocycles. The fourth-order valence-corrected chi connectivity index (χ4v) is 2.41. The van der Waals surface area contributed by atoms with E-state index in [0.29, 0.717) is 12.8 Å². The van der Waals surface area contributed by atoms with Crippen LogP contribution in [0, 0.1) is 5.92 Å². The van der Waals surface area contributed by atoms with Gasteiger partial charge >= 0.3 is 5.97 Å². The van der Waals surface area contributed by atoms with E-state index in [4.69, 9.17) is 4.74 Å². The highest BCUT2D eigenvalue weighted by molar-refractivity contribution is 5.82. The van der Waals surface area contributed by atoms with Crippen molar-refractivity contribution in [1.29, 1.82) is 0 Å². The molecule has 1 aliphatic heterocycles. The normalized spacial score (nSPS) is 23.1. The van der Waals surface area contributed by atoms with Crippen molar-refractivity contribution in [1.82, 2.24) is 5.32 Å². The van der Waals surface area contributed by atoms with Crippen molar-refractivity contribution in [3.05, 3.63) is 35.9 Å². The highest BCUT2D eigenvalue weighted by atomic mass is 16.6. The molecule has 2 atom stereocenters. The topological polar surface area (TPSA) is 55.4 Å². The second-order valence-corrected chi connectivity index (χ2v) is 6.13. The molecule has 1 aliphatic rings. The molecule has 1 aromatic carbocycles. The molecule has 1 fully saturated rings.